The summed E-state index contributed by atoms with van der Waals surface area (Å²) in [4.78, 5) is 0. The lowest BCUT2D eigenvalue weighted by Gasteiger charge is -2.15. The summed E-state index contributed by atoms with van der Waals surface area (Å²) in [7, 11) is 0. The van der Waals surface area contributed by atoms with Gasteiger partial charge in [0.1, 0.15) is 12.4 Å². The van der Waals surface area contributed by atoms with Gasteiger partial charge >= 0.3 is 0 Å². The molecule has 6 heteroatoms. The van der Waals surface area contributed by atoms with Crippen LogP contribution in [0.5, 0.6) is 5.75 Å². The molecule has 0 aliphatic rings. The van der Waals surface area contributed by atoms with E-state index < -0.39 is 23.5 Å². The third-order valence-corrected chi connectivity index (χ3v) is 2.93. The minimum absolute atomic E-state index is 0.0949. The SMILES string of the molecule is NC(COc1cccc(Cl)c1)c1ccc(F)c(F)c1F. The number of ether oxygens (including phenoxy) is 1. The third kappa shape index (κ3) is 3.23. The molecule has 0 aromatic heterocycles. The van der Waals surface area contributed by atoms with E-state index in [0.29, 0.717) is 10.8 Å². The zero-order valence-electron chi connectivity index (χ0n) is 10.2. The van der Waals surface area contributed by atoms with E-state index in [2.05, 4.69) is 0 Å². The maximum absolute atomic E-state index is 13.5. The molecule has 0 saturated carbocycles. The van der Waals surface area contributed by atoms with Crippen LogP contribution in [0.3, 0.4) is 0 Å². The number of nitrogens with two attached hydrogens (primary N) is 1. The van der Waals surface area contributed by atoms with Gasteiger partial charge in [-0.05, 0) is 24.3 Å². The van der Waals surface area contributed by atoms with Crippen molar-refractivity contribution >= 4 is 11.6 Å². The molecular weight excluding hydrogens is 291 g/mol. The van der Waals surface area contributed by atoms with Crippen molar-refractivity contribution in [3.63, 3.8) is 0 Å². The van der Waals surface area contributed by atoms with Gasteiger partial charge in [-0.15, -0.1) is 0 Å². The lowest BCUT2D eigenvalue weighted by molar-refractivity contribution is 0.286. The maximum Gasteiger partial charge on any atom is 0.194 e. The normalized spacial score (nSPS) is 12.2. The molecule has 0 spiro atoms. The van der Waals surface area contributed by atoms with Gasteiger partial charge in [-0.2, -0.15) is 0 Å². The summed E-state index contributed by atoms with van der Waals surface area (Å²) >= 11 is 5.78. The number of benzene rings is 2. The largest absolute Gasteiger partial charge is 0.492 e. The highest BCUT2D eigenvalue weighted by Crippen LogP contribution is 2.22. The minimum atomic E-state index is -1.54. The summed E-state index contributed by atoms with van der Waals surface area (Å²) < 4.78 is 44.8. The highest BCUT2D eigenvalue weighted by Gasteiger charge is 2.18. The van der Waals surface area contributed by atoms with Crippen LogP contribution in [0, 0.1) is 17.5 Å². The molecule has 2 rings (SSSR count). The molecule has 2 aromatic carbocycles. The zero-order valence-corrected chi connectivity index (χ0v) is 11.0. The van der Waals surface area contributed by atoms with E-state index in [4.69, 9.17) is 22.1 Å². The molecule has 106 valence electrons. The van der Waals surface area contributed by atoms with Gasteiger partial charge < -0.3 is 10.5 Å². The van der Waals surface area contributed by atoms with Crippen molar-refractivity contribution in [3.05, 3.63) is 64.4 Å². The average Bonchev–Trinajstić information content (AvgIpc) is 2.42. The first-order valence-corrected chi connectivity index (χ1v) is 6.14. The molecule has 0 heterocycles. The van der Waals surface area contributed by atoms with Crippen molar-refractivity contribution in [2.45, 2.75) is 6.04 Å². The predicted molar refractivity (Wildman–Crippen MR) is 70.2 cm³/mol. The monoisotopic (exact) mass is 301 g/mol. The van der Waals surface area contributed by atoms with Gasteiger partial charge in [0.25, 0.3) is 0 Å². The van der Waals surface area contributed by atoms with Gasteiger partial charge in [0.15, 0.2) is 17.5 Å². The first kappa shape index (κ1) is 14.7. The van der Waals surface area contributed by atoms with Crippen molar-refractivity contribution < 1.29 is 17.9 Å². The first-order chi connectivity index (χ1) is 9.49. The second-order valence-electron chi connectivity index (χ2n) is 4.14. The van der Waals surface area contributed by atoms with E-state index >= 15 is 0 Å². The standard InChI is InChI=1S/C14H11ClF3NO/c15-8-2-1-3-9(6-8)20-7-12(19)10-4-5-11(16)14(18)13(10)17/h1-6,12H,7,19H2. The fourth-order valence-electron chi connectivity index (χ4n) is 1.66. The summed E-state index contributed by atoms with van der Waals surface area (Å²) in [6.45, 7) is -0.0949. The quantitative estimate of drug-likeness (QED) is 0.871. The fraction of sp³-hybridized carbons (Fsp3) is 0.143. The minimum Gasteiger partial charge on any atom is -0.492 e. The Balaban J connectivity index is 2.09. The van der Waals surface area contributed by atoms with Gasteiger partial charge in [-0.3, -0.25) is 0 Å². The summed E-state index contributed by atoms with van der Waals surface area (Å²) in [5.74, 6) is -3.64. The van der Waals surface area contributed by atoms with E-state index in [9.17, 15) is 13.2 Å². The Hall–Kier alpha value is -1.72. The summed E-state index contributed by atoms with van der Waals surface area (Å²) in [5, 5.41) is 0.482. The molecule has 0 fully saturated rings. The highest BCUT2D eigenvalue weighted by atomic mass is 35.5. The number of hydrogen-bond donors (Lipinski definition) is 1. The molecule has 0 radical (unpaired) electrons. The Kier molecular flexibility index (Phi) is 4.52. The van der Waals surface area contributed by atoms with Gasteiger partial charge in [-0.1, -0.05) is 23.7 Å². The van der Waals surface area contributed by atoms with E-state index in [1.807, 2.05) is 0 Å². The van der Waals surface area contributed by atoms with Crippen LogP contribution in [0.1, 0.15) is 11.6 Å². The van der Waals surface area contributed by atoms with Gasteiger partial charge in [0.05, 0.1) is 6.04 Å². The Labute approximate surface area is 118 Å². The zero-order chi connectivity index (χ0) is 14.7. The maximum atomic E-state index is 13.5. The van der Waals surface area contributed by atoms with Crippen molar-refractivity contribution in [2.75, 3.05) is 6.61 Å². The van der Waals surface area contributed by atoms with Crippen LogP contribution in [-0.2, 0) is 0 Å². The highest BCUT2D eigenvalue weighted by molar-refractivity contribution is 6.30. The van der Waals surface area contributed by atoms with Crippen LogP contribution in [0.15, 0.2) is 36.4 Å². The van der Waals surface area contributed by atoms with Gasteiger partial charge in [0.2, 0.25) is 0 Å². The molecule has 0 aliphatic heterocycles. The molecule has 2 nitrogen and oxygen atoms in total. The van der Waals surface area contributed by atoms with Crippen LogP contribution in [0.4, 0.5) is 13.2 Å². The molecule has 0 amide bonds. The van der Waals surface area contributed by atoms with Gasteiger partial charge in [-0.25, -0.2) is 13.2 Å². The Bertz CT molecular complexity index is 621. The van der Waals surface area contributed by atoms with Crippen molar-refractivity contribution in [3.8, 4) is 5.75 Å². The Morgan fingerprint density at radius 3 is 2.55 bits per heavy atom. The Morgan fingerprint density at radius 1 is 1.10 bits per heavy atom. The van der Waals surface area contributed by atoms with E-state index in [1.165, 1.54) is 0 Å². The molecule has 2 N–H and O–H groups in total. The number of halogens is 4. The smallest absolute Gasteiger partial charge is 0.194 e. The summed E-state index contributed by atoms with van der Waals surface area (Å²) in [6, 6.07) is 7.57. The van der Waals surface area contributed by atoms with Crippen LogP contribution < -0.4 is 10.5 Å². The molecule has 0 aliphatic carbocycles. The molecule has 0 bridgehead atoms. The van der Waals surface area contributed by atoms with E-state index in [0.717, 1.165) is 12.1 Å². The third-order valence-electron chi connectivity index (χ3n) is 2.69. The second-order valence-corrected chi connectivity index (χ2v) is 4.58. The van der Waals surface area contributed by atoms with Gasteiger partial charge in [0, 0.05) is 10.6 Å². The first-order valence-electron chi connectivity index (χ1n) is 5.76. The van der Waals surface area contributed by atoms with Crippen LogP contribution >= 0.6 is 11.6 Å². The summed E-state index contributed by atoms with van der Waals surface area (Å²) in [5.41, 5.74) is 5.57. The van der Waals surface area contributed by atoms with Crippen molar-refractivity contribution in [1.82, 2.24) is 0 Å². The molecule has 1 atom stereocenters. The average molecular weight is 302 g/mol. The Morgan fingerprint density at radius 2 is 1.85 bits per heavy atom. The van der Waals surface area contributed by atoms with E-state index in [-0.39, 0.29) is 12.2 Å². The van der Waals surface area contributed by atoms with Crippen LogP contribution in [-0.4, -0.2) is 6.61 Å². The van der Waals surface area contributed by atoms with Crippen LogP contribution in [0.2, 0.25) is 5.02 Å². The fourth-order valence-corrected chi connectivity index (χ4v) is 1.84. The predicted octanol–water partition coefficient (Wildman–Crippen LogP) is 3.84. The molecular formula is C14H11ClF3NO. The van der Waals surface area contributed by atoms with Crippen molar-refractivity contribution in [1.29, 1.82) is 0 Å². The number of hydrogen-bond acceptors (Lipinski definition) is 2. The molecule has 20 heavy (non-hydrogen) atoms. The van der Waals surface area contributed by atoms with Crippen LogP contribution in [0.25, 0.3) is 0 Å². The van der Waals surface area contributed by atoms with E-state index in [1.54, 1.807) is 24.3 Å². The molecule has 1 unspecified atom stereocenters. The van der Waals surface area contributed by atoms with Crippen molar-refractivity contribution in [2.24, 2.45) is 5.73 Å². The molecule has 2 aromatic rings. The molecule has 0 saturated heterocycles. The second kappa shape index (κ2) is 6.15. The lowest BCUT2D eigenvalue weighted by Crippen LogP contribution is -2.21. The topological polar surface area (TPSA) is 35.2 Å². The lowest BCUT2D eigenvalue weighted by atomic mass is 10.1. The summed E-state index contributed by atoms with van der Waals surface area (Å²) in [6.07, 6.45) is 0. The number of rotatable bonds is 4.